The number of carbonyl (C=O) groups excluding carboxylic acids is 1. The van der Waals surface area contributed by atoms with Crippen molar-refractivity contribution >= 4 is 5.97 Å². The lowest BCUT2D eigenvalue weighted by molar-refractivity contribution is -0.849. The number of aliphatic carboxylic acids is 1. The van der Waals surface area contributed by atoms with Crippen LogP contribution in [0, 0.1) is 0 Å². The van der Waals surface area contributed by atoms with Gasteiger partial charge in [-0.1, -0.05) is 0 Å². The number of hydrogen-bond acceptors (Lipinski definition) is 2. The molecule has 0 aromatic rings. The van der Waals surface area contributed by atoms with Crippen LogP contribution in [0.2, 0.25) is 0 Å². The van der Waals surface area contributed by atoms with Gasteiger partial charge < -0.3 is 14.4 Å². The van der Waals surface area contributed by atoms with E-state index < -0.39 is 12.1 Å². The van der Waals surface area contributed by atoms with Crippen molar-refractivity contribution in [1.29, 1.82) is 0 Å². The molecule has 0 saturated carbocycles. The van der Waals surface area contributed by atoms with Gasteiger partial charge in [0.2, 0.25) is 0 Å². The zero-order valence-corrected chi connectivity index (χ0v) is 7.40. The Balaban J connectivity index is 0. The van der Waals surface area contributed by atoms with Crippen molar-refractivity contribution in [2.45, 2.75) is 6.18 Å². The fourth-order valence-electron chi connectivity index (χ4n) is 0. The van der Waals surface area contributed by atoms with Gasteiger partial charge in [0.25, 0.3) is 0 Å². The maximum Gasteiger partial charge on any atom is 0.430 e. The van der Waals surface area contributed by atoms with Gasteiger partial charge >= 0.3 is 6.18 Å². The van der Waals surface area contributed by atoms with Crippen molar-refractivity contribution in [1.82, 2.24) is 0 Å². The molecule has 6 heteroatoms. The molecule has 0 aliphatic rings. The summed E-state index contributed by atoms with van der Waals surface area (Å²) in [5, 5.41) is 8.78. The van der Waals surface area contributed by atoms with E-state index in [2.05, 4.69) is 28.2 Å². The third-order valence-electron chi connectivity index (χ3n) is 0.231. The lowest BCUT2D eigenvalue weighted by Gasteiger charge is -2.14. The molecule has 3 nitrogen and oxygen atoms in total. The van der Waals surface area contributed by atoms with Gasteiger partial charge in [0, 0.05) is 0 Å². The van der Waals surface area contributed by atoms with Crippen LogP contribution in [0.25, 0.3) is 0 Å². The van der Waals surface area contributed by atoms with Gasteiger partial charge in [-0.25, -0.2) is 0 Å². The van der Waals surface area contributed by atoms with E-state index in [0.29, 0.717) is 0 Å². The topological polar surface area (TPSA) is 40.1 Å². The Hall–Kier alpha value is -0.780. The van der Waals surface area contributed by atoms with Gasteiger partial charge in [-0.15, -0.1) is 0 Å². The highest BCUT2D eigenvalue weighted by Gasteiger charge is 2.28. The summed E-state index contributed by atoms with van der Waals surface area (Å²) in [6, 6.07) is 0. The second kappa shape index (κ2) is 4.30. The number of rotatable bonds is 0. The van der Waals surface area contributed by atoms with Crippen LogP contribution in [-0.4, -0.2) is 44.8 Å². The fourth-order valence-corrected chi connectivity index (χ4v) is 0. The number of alkyl halides is 3. The van der Waals surface area contributed by atoms with Gasteiger partial charge in [-0.3, -0.25) is 0 Å². The van der Waals surface area contributed by atoms with Crippen LogP contribution in [0.4, 0.5) is 13.2 Å². The molecule has 0 heterocycles. The Morgan fingerprint density at radius 1 is 1.17 bits per heavy atom. The van der Waals surface area contributed by atoms with Gasteiger partial charge in [0.15, 0.2) is 0 Å². The summed E-state index contributed by atoms with van der Waals surface area (Å²) in [6.07, 6.45) is -5.19. The highest BCUT2D eigenvalue weighted by molar-refractivity contribution is 5.70. The molecule has 0 radical (unpaired) electrons. The number of carbonyl (C=O) groups is 1. The molecule has 0 spiro atoms. The van der Waals surface area contributed by atoms with Crippen LogP contribution < -0.4 is 5.11 Å². The third-order valence-corrected chi connectivity index (χ3v) is 0.231. The molecular formula is C6H12F3NO2. The number of hydrogen-bond donors (Lipinski definition) is 0. The number of carboxylic acids is 1. The molecule has 0 aliphatic heterocycles. The third kappa shape index (κ3) is 22.9. The summed E-state index contributed by atoms with van der Waals surface area (Å²) in [5.41, 5.74) is 0. The maximum atomic E-state index is 10.5. The second-order valence-electron chi connectivity index (χ2n) is 3.47. The van der Waals surface area contributed by atoms with E-state index in [1.807, 2.05) is 0 Å². The minimum Gasteiger partial charge on any atom is -0.542 e. The van der Waals surface area contributed by atoms with E-state index in [-0.39, 0.29) is 0 Å². The first-order chi connectivity index (χ1) is 4.94. The first-order valence-corrected chi connectivity index (χ1v) is 3.01. The van der Waals surface area contributed by atoms with E-state index in [9.17, 15) is 13.2 Å². The van der Waals surface area contributed by atoms with E-state index in [1.54, 1.807) is 0 Å². The molecule has 0 aliphatic carbocycles. The Labute approximate surface area is 69.0 Å². The highest BCUT2D eigenvalue weighted by Crippen LogP contribution is 2.11. The van der Waals surface area contributed by atoms with Crippen LogP contribution in [0.3, 0.4) is 0 Å². The van der Waals surface area contributed by atoms with Gasteiger partial charge in [-0.05, 0) is 0 Å². The number of carboxylic acid groups (broad SMARTS) is 1. The Bertz CT molecular complexity index is 142. The Kier molecular flexibility index (Phi) is 4.94. The summed E-state index contributed by atoms with van der Waals surface area (Å²) < 4.78 is 32.5. The standard InChI is InChI=1S/C4H12N.C2HF3O2/c1-5(2,3)4;3-2(4,5)1(6)7/h1-4H3;(H,6,7)/q+1;/p-1. The smallest absolute Gasteiger partial charge is 0.430 e. The van der Waals surface area contributed by atoms with Crippen LogP contribution in [-0.2, 0) is 4.79 Å². The average Bonchev–Trinajstić information content (AvgIpc) is 1.55. The van der Waals surface area contributed by atoms with E-state index in [1.165, 1.54) is 0 Å². The van der Waals surface area contributed by atoms with Crippen molar-refractivity contribution in [3.05, 3.63) is 0 Å². The fraction of sp³-hybridized carbons (Fsp3) is 0.833. The molecule has 0 amide bonds. The van der Waals surface area contributed by atoms with Crippen LogP contribution in [0.5, 0.6) is 0 Å². The maximum absolute atomic E-state index is 10.5. The minimum absolute atomic E-state index is 1.00. The molecule has 0 bridgehead atoms. The zero-order valence-electron chi connectivity index (χ0n) is 7.40. The molecule has 74 valence electrons. The molecule has 0 atom stereocenters. The number of quaternary nitrogens is 1. The van der Waals surface area contributed by atoms with E-state index in [4.69, 9.17) is 9.90 Å². The zero-order chi connectivity index (χ0) is 10.6. The molecule has 0 aromatic heterocycles. The predicted molar refractivity (Wildman–Crippen MR) is 35.0 cm³/mol. The first-order valence-electron chi connectivity index (χ1n) is 3.01. The summed E-state index contributed by atoms with van der Waals surface area (Å²) in [6.45, 7) is 0. The highest BCUT2D eigenvalue weighted by atomic mass is 19.4. The first kappa shape index (κ1) is 13.8. The van der Waals surface area contributed by atoms with E-state index in [0.717, 1.165) is 4.48 Å². The van der Waals surface area contributed by atoms with E-state index >= 15 is 0 Å². The van der Waals surface area contributed by atoms with Crippen LogP contribution >= 0.6 is 0 Å². The number of halogens is 3. The summed E-state index contributed by atoms with van der Waals surface area (Å²) in [7, 11) is 8.50. The predicted octanol–water partition coefficient (Wildman–Crippen LogP) is -0.379. The molecule has 0 rings (SSSR count). The van der Waals surface area contributed by atoms with Crippen LogP contribution in [0.15, 0.2) is 0 Å². The molecule has 12 heavy (non-hydrogen) atoms. The van der Waals surface area contributed by atoms with Crippen molar-refractivity contribution in [3.63, 3.8) is 0 Å². The normalized spacial score (nSPS) is 11.6. The molecule has 0 aromatic carbocycles. The SMILES string of the molecule is C[N+](C)(C)C.O=C([O-])C(F)(F)F. The lowest BCUT2D eigenvalue weighted by Crippen LogP contribution is -2.37. The second-order valence-corrected chi connectivity index (χ2v) is 3.47. The van der Waals surface area contributed by atoms with Gasteiger partial charge in [-0.2, -0.15) is 13.2 Å². The minimum atomic E-state index is -5.19. The summed E-state index contributed by atoms with van der Waals surface area (Å²) >= 11 is 0. The Morgan fingerprint density at radius 3 is 1.25 bits per heavy atom. The monoisotopic (exact) mass is 187 g/mol. The number of nitrogens with zero attached hydrogens (tertiary/aromatic N) is 1. The molecular weight excluding hydrogens is 175 g/mol. The summed E-state index contributed by atoms with van der Waals surface area (Å²) in [4.78, 5) is 8.78. The van der Waals surface area contributed by atoms with Crippen molar-refractivity contribution in [2.24, 2.45) is 0 Å². The van der Waals surface area contributed by atoms with Crippen LogP contribution in [0.1, 0.15) is 0 Å². The largest absolute Gasteiger partial charge is 0.542 e. The Morgan fingerprint density at radius 2 is 1.25 bits per heavy atom. The van der Waals surface area contributed by atoms with Crippen molar-refractivity contribution in [3.8, 4) is 0 Å². The van der Waals surface area contributed by atoms with Gasteiger partial charge in [0.05, 0.1) is 28.2 Å². The molecule has 0 fully saturated rings. The molecule has 0 unspecified atom stereocenters. The van der Waals surface area contributed by atoms with Crippen molar-refractivity contribution < 1.29 is 27.6 Å². The lowest BCUT2D eigenvalue weighted by atomic mass is 10.7. The quantitative estimate of drug-likeness (QED) is 0.485. The summed E-state index contributed by atoms with van der Waals surface area (Å²) in [5.74, 6) is -3.01. The van der Waals surface area contributed by atoms with Gasteiger partial charge in [0.1, 0.15) is 5.97 Å². The average molecular weight is 187 g/mol. The molecule has 0 N–H and O–H groups in total. The molecule has 0 saturated heterocycles. The van der Waals surface area contributed by atoms with Crippen molar-refractivity contribution in [2.75, 3.05) is 28.2 Å².